The number of nitrogens with one attached hydrogen (secondary N) is 4. The van der Waals surface area contributed by atoms with Gasteiger partial charge in [-0.2, -0.15) is 0 Å². The predicted octanol–water partition coefficient (Wildman–Crippen LogP) is 10.1. The Kier molecular flexibility index (Phi) is 42.4. The van der Waals surface area contributed by atoms with E-state index in [1.165, 1.54) is 42.5 Å². The number of anilines is 2. The molecule has 11 N–H and O–H groups in total. The number of hydrogen-bond donors (Lipinski definition) is 9. The Labute approximate surface area is 757 Å². The summed E-state index contributed by atoms with van der Waals surface area (Å²) in [6.45, 7) is 16.1. The molecule has 0 saturated carbocycles. The first-order chi connectivity index (χ1) is 62.5. The third kappa shape index (κ3) is 36.3. The number of esters is 3. The van der Waals surface area contributed by atoms with Crippen molar-refractivity contribution in [2.24, 2.45) is 11.7 Å². The molecule has 10 amide bonds. The number of carboxylic acid groups (broad SMARTS) is 1. The van der Waals surface area contributed by atoms with Gasteiger partial charge in [0.25, 0.3) is 29.3 Å². The van der Waals surface area contributed by atoms with Crippen molar-refractivity contribution in [3.63, 3.8) is 0 Å². The maximum Gasteiger partial charge on any atom is 0.417 e. The van der Waals surface area contributed by atoms with Gasteiger partial charge in [0.05, 0.1) is 60.5 Å². The van der Waals surface area contributed by atoms with Crippen molar-refractivity contribution in [3.05, 3.63) is 273 Å². The van der Waals surface area contributed by atoms with Crippen LogP contribution in [0.15, 0.2) is 212 Å². The molecule has 36 heteroatoms. The number of carbonyl (C=O) groups is 15. The number of non-ortho nitro benzene ring substituents is 1. The van der Waals surface area contributed by atoms with E-state index in [0.29, 0.717) is 32.5 Å². The highest BCUT2D eigenvalue weighted by atomic mass is 19.1. The van der Waals surface area contributed by atoms with Gasteiger partial charge in [0, 0.05) is 50.6 Å². The van der Waals surface area contributed by atoms with Gasteiger partial charge in [-0.1, -0.05) is 164 Å². The van der Waals surface area contributed by atoms with Crippen molar-refractivity contribution >= 4 is 106 Å². The number of hydrogen-bond acceptors (Lipinski definition) is 27. The fourth-order valence-corrected chi connectivity index (χ4v) is 12.6. The normalized spacial score (nSPS) is 14.8. The molecular formula is C95H110FN9O26. The Morgan fingerprint density at radius 1 is 0.534 bits per heavy atom. The predicted molar refractivity (Wildman–Crippen MR) is 476 cm³/mol. The maximum atomic E-state index is 13.0. The van der Waals surface area contributed by atoms with Crippen LogP contribution >= 0.6 is 0 Å². The van der Waals surface area contributed by atoms with Crippen molar-refractivity contribution < 1.29 is 126 Å². The summed E-state index contributed by atoms with van der Waals surface area (Å²) in [6.07, 6.45) is 0.634. The molecule has 5 atom stereocenters. The van der Waals surface area contributed by atoms with Gasteiger partial charge in [0.2, 0.25) is 29.5 Å². The number of nitro benzene ring substituents is 1. The zero-order valence-corrected chi connectivity index (χ0v) is 74.1. The zero-order chi connectivity index (χ0) is 98.0. The largest absolute Gasteiger partial charge is 0.480 e. The number of carbonyl (C=O) groups excluding carboxylic acids is 14. The van der Waals surface area contributed by atoms with Crippen LogP contribution in [0.1, 0.15) is 165 Å². The number of aliphatic hydroxyl groups excluding tert-OH is 2. The molecule has 12 rings (SSSR count). The number of ether oxygens (including phenoxy) is 6. The molecule has 131 heavy (non-hydrogen) atoms. The summed E-state index contributed by atoms with van der Waals surface area (Å²) in [6, 6.07) is 57.9. The third-order valence-corrected chi connectivity index (χ3v) is 18.2. The summed E-state index contributed by atoms with van der Waals surface area (Å²) in [4.78, 5) is 191. The SMILES string of the molecule is CC(C)(C)OC(=O)C(CC(=O)COCc1ccccc1)Cc1ccccc1.CC(C)(C)OC(=O)C(Cc1ccccc1)NC(=O)CO.CC(C)(C)OC(=O)[C@@H](N)Cc1ccccc1.CO.Nc1cccc2c1C(=O)N(C1CCC(=O)NC1=O)C2=O.O=C(O)COCc1ccccc1.O=C1CCC(N2C(=O)c3cccc(NC(=O)Oc4ccc([N+](=O)[O-])cc4)c3C2=O)C(=O)N1.[2H]CF. The van der Waals surface area contributed by atoms with Crippen molar-refractivity contribution in [2.75, 3.05) is 45.1 Å². The van der Waals surface area contributed by atoms with Gasteiger partial charge in [-0.25, -0.2) is 14.4 Å². The number of halogens is 1. The number of benzene rings is 8. The molecule has 4 unspecified atom stereocenters. The molecule has 8 aromatic carbocycles. The number of aliphatic carboxylic acids is 1. The monoisotopic (exact) mass is 1810 g/mol. The first-order valence-corrected chi connectivity index (χ1v) is 40.9. The van der Waals surface area contributed by atoms with Crippen LogP contribution in [0.5, 0.6) is 5.75 Å². The average Bonchev–Trinajstić information content (AvgIpc) is 1.61. The van der Waals surface area contributed by atoms with Gasteiger partial charge in [-0.15, -0.1) is 0 Å². The number of Topliss-reactive ketones (excluding diaryl/α,β-unsaturated/α-hetero) is 1. The highest BCUT2D eigenvalue weighted by Gasteiger charge is 2.47. The number of nitrogens with two attached hydrogens (primary N) is 2. The first kappa shape index (κ1) is 105. The van der Waals surface area contributed by atoms with Crippen molar-refractivity contribution in [1.29, 1.82) is 0 Å². The number of carboxylic acids is 1. The Hall–Kier alpha value is -14.5. The number of ketones is 1. The molecule has 4 aliphatic rings. The van der Waals surface area contributed by atoms with E-state index in [-0.39, 0.29) is 108 Å². The summed E-state index contributed by atoms with van der Waals surface area (Å²) >= 11 is 0. The highest BCUT2D eigenvalue weighted by molar-refractivity contribution is 6.27. The van der Waals surface area contributed by atoms with Crippen LogP contribution in [0.25, 0.3) is 0 Å². The molecule has 0 spiro atoms. The molecule has 0 radical (unpaired) electrons. The molecule has 2 fully saturated rings. The van der Waals surface area contributed by atoms with E-state index in [0.717, 1.165) is 56.9 Å². The van der Waals surface area contributed by atoms with Gasteiger partial charge < -0.3 is 60.5 Å². The zero-order valence-electron chi connectivity index (χ0n) is 75.1. The van der Waals surface area contributed by atoms with Crippen LogP contribution in [0.3, 0.4) is 0 Å². The number of rotatable bonds is 26. The minimum atomic E-state index is -1.14. The molecule has 4 aliphatic heterocycles. The number of nitrogen functional groups attached to an aromatic ring is 1. The molecule has 0 aromatic heterocycles. The van der Waals surface area contributed by atoms with Gasteiger partial charge in [0.1, 0.15) is 66.5 Å². The standard InChI is InChI=1S/C23H28O4.C20H14N4O8.C15H21NO4.C13H11N3O4.C13H19NO2.C9H10O3.CH3F.CH4O/c1-23(2,3)27-22(25)20(14-18-10-6-4-7-11-18)15-21(24)17-26-16-19-12-8-5-9-13-19;25-15-9-8-14(17(26)22-15)23-18(27)12-2-1-3-13(16(12)19(23)28)21-20(29)32-11-6-4-10(5-7-11)24(30)31;1-15(2,3)20-14(19)12(16-13(18)10-17)9-11-7-5-4-6-8-11;14-7-3-1-2-6-10(7)13(20)16(12(6)19)8-4-5-9(17)15-11(8)18;1-13(2,3)16-12(15)11(14)9-10-7-5-4-6-8-10;10-9(11)7-12-6-8-4-2-1-3-5-8;2*1-2/h4-13,20H,14-17H2,1-3H3;1-7,14H,8-9H2,(H,21,29)(H,22,25,26);4-8,12,17H,9-10H2,1-3H3,(H,16,18);1-3,8H,4-5,14H2,(H,15,17,18);4-8,11H,9,14H2,1-3H3;1-5H,6-7H2,(H,10,11);1H3;2H,1H3/t;;;;11-;;;/m....0.../s1/i;;;;;;1D;. The lowest BCUT2D eigenvalue weighted by Crippen LogP contribution is -2.54. The maximum absolute atomic E-state index is 13.0. The van der Waals surface area contributed by atoms with Gasteiger partial charge >= 0.3 is 30.0 Å². The second-order valence-corrected chi connectivity index (χ2v) is 32.0. The molecule has 0 bridgehead atoms. The van der Waals surface area contributed by atoms with Crippen molar-refractivity contribution in [1.82, 2.24) is 25.8 Å². The van der Waals surface area contributed by atoms with E-state index in [2.05, 4.69) is 21.3 Å². The van der Waals surface area contributed by atoms with E-state index < -0.39 is 137 Å². The first-order valence-electron chi connectivity index (χ1n) is 41.6. The lowest BCUT2D eigenvalue weighted by Gasteiger charge is -2.27. The van der Waals surface area contributed by atoms with Crippen LogP contribution < -0.4 is 37.5 Å². The van der Waals surface area contributed by atoms with E-state index in [4.69, 9.17) is 56.6 Å². The second kappa shape index (κ2) is 52.7. The minimum absolute atomic E-state index is 0.00107. The van der Waals surface area contributed by atoms with E-state index in [1.807, 2.05) is 193 Å². The molecule has 35 nitrogen and oxygen atoms in total. The van der Waals surface area contributed by atoms with Gasteiger partial charge in [-0.3, -0.25) is 97.8 Å². The number of aliphatic hydroxyl groups is 2. The minimum Gasteiger partial charge on any atom is -0.480 e. The molecule has 2 saturated heterocycles. The van der Waals surface area contributed by atoms with E-state index in [9.17, 15) is 86.4 Å². The number of alkyl halides is 1. The Balaban J connectivity index is 0.000000284. The van der Waals surface area contributed by atoms with Crippen LogP contribution in [0, 0.1) is 16.0 Å². The number of amides is 10. The summed E-state index contributed by atoms with van der Waals surface area (Å²) in [5, 5.41) is 43.8. The molecular weight excluding hydrogens is 1700 g/mol. The number of imide groups is 4. The van der Waals surface area contributed by atoms with E-state index >= 15 is 0 Å². The van der Waals surface area contributed by atoms with Gasteiger partial charge in [-0.05, 0) is 152 Å². The fourth-order valence-electron chi connectivity index (χ4n) is 12.6. The van der Waals surface area contributed by atoms with Gasteiger partial charge in [0.15, 0.2) is 5.78 Å². The highest BCUT2D eigenvalue weighted by Crippen LogP contribution is 2.34. The smallest absolute Gasteiger partial charge is 0.417 e. The second-order valence-electron chi connectivity index (χ2n) is 32.0. The molecule has 0 aliphatic carbocycles. The van der Waals surface area contributed by atoms with Crippen LogP contribution in [-0.4, -0.2) is 194 Å². The average molecular weight is 1810 g/mol. The molecule has 4 heterocycles. The summed E-state index contributed by atoms with van der Waals surface area (Å²) in [5.41, 5.74) is 15.0. The molecule has 698 valence electrons. The summed E-state index contributed by atoms with van der Waals surface area (Å²) in [5.74, 6) is -8.24. The Bertz CT molecular complexity index is 5250. The quantitative estimate of drug-likeness (QED) is 0.00607. The fraction of sp³-hybridized carbons (Fsp3) is 0.337. The number of piperidine rings is 2. The topological polar surface area (TPSA) is 522 Å². The summed E-state index contributed by atoms with van der Waals surface area (Å²) < 4.78 is 47.0. The van der Waals surface area contributed by atoms with Crippen LogP contribution in [0.2, 0.25) is 0 Å². The number of fused-ring (bicyclic) bond motifs is 2. The number of nitro groups is 1. The lowest BCUT2D eigenvalue weighted by molar-refractivity contribution is -0.384. The lowest BCUT2D eigenvalue weighted by atomic mass is 9.94. The van der Waals surface area contributed by atoms with Crippen molar-refractivity contribution in [3.8, 4) is 5.75 Å². The van der Waals surface area contributed by atoms with Crippen LogP contribution in [0.4, 0.5) is 26.2 Å². The van der Waals surface area contributed by atoms with E-state index in [1.54, 1.807) is 26.8 Å². The van der Waals surface area contributed by atoms with Crippen molar-refractivity contribution in [2.45, 2.75) is 168 Å². The number of nitrogens with zero attached hydrogens (tertiary/aromatic N) is 3. The summed E-state index contributed by atoms with van der Waals surface area (Å²) in [7, 11) is 0. The Morgan fingerprint density at radius 2 is 0.931 bits per heavy atom. The van der Waals surface area contributed by atoms with Crippen LogP contribution in [-0.2, 0) is 104 Å². The molecule has 8 aromatic rings. The Morgan fingerprint density at radius 3 is 1.35 bits per heavy atom. The third-order valence-electron chi connectivity index (χ3n) is 18.2.